The summed E-state index contributed by atoms with van der Waals surface area (Å²) in [6.45, 7) is 10.9. The van der Waals surface area contributed by atoms with E-state index in [0.29, 0.717) is 12.3 Å². The largest absolute Gasteiger partial charge is 0.465 e. The number of benzene rings is 1. The van der Waals surface area contributed by atoms with Crippen molar-refractivity contribution in [2.75, 3.05) is 19.6 Å². The van der Waals surface area contributed by atoms with Crippen LogP contribution in [0.25, 0.3) is 11.0 Å². The number of fused-ring (bicyclic) bond motifs is 1. The molecule has 2 aromatic heterocycles. The highest BCUT2D eigenvalue weighted by atomic mass is 16.3. The van der Waals surface area contributed by atoms with Crippen molar-refractivity contribution in [2.45, 2.75) is 53.0 Å². The molecule has 5 heteroatoms. The maximum absolute atomic E-state index is 13.0. The van der Waals surface area contributed by atoms with Crippen LogP contribution in [0.2, 0.25) is 0 Å². The Bertz CT molecular complexity index is 1020. The number of nitrogens with zero attached hydrogens (tertiary/aromatic N) is 1. The molecule has 5 nitrogen and oxygen atoms in total. The number of carbonyl (C=O) groups is 1. The topological polar surface area (TPSA) is 58.6 Å². The van der Waals surface area contributed by atoms with Crippen molar-refractivity contribution in [3.8, 4) is 0 Å². The van der Waals surface area contributed by atoms with Gasteiger partial charge in [-0.25, -0.2) is 0 Å². The third-order valence-corrected chi connectivity index (χ3v) is 6.42. The number of hydrogen-bond acceptors (Lipinski definition) is 4. The molecule has 30 heavy (non-hydrogen) atoms. The Kier molecular flexibility index (Phi) is 6.00. The highest BCUT2D eigenvalue weighted by Crippen LogP contribution is 2.29. The zero-order chi connectivity index (χ0) is 21.3. The summed E-state index contributed by atoms with van der Waals surface area (Å²) in [7, 11) is 0. The van der Waals surface area contributed by atoms with Crippen molar-refractivity contribution in [3.63, 3.8) is 0 Å². The van der Waals surface area contributed by atoms with Gasteiger partial charge in [0.1, 0.15) is 17.1 Å². The second-order valence-corrected chi connectivity index (χ2v) is 8.63. The van der Waals surface area contributed by atoms with Crippen molar-refractivity contribution in [1.82, 2.24) is 10.2 Å². The van der Waals surface area contributed by atoms with Crippen molar-refractivity contribution in [3.05, 3.63) is 58.7 Å². The maximum Gasteiger partial charge on any atom is 0.287 e. The van der Waals surface area contributed by atoms with E-state index in [4.69, 9.17) is 8.83 Å². The normalized spacial score (nSPS) is 16.8. The molecule has 1 N–H and O–H groups in total. The molecule has 1 aliphatic rings. The third kappa shape index (κ3) is 4.17. The fourth-order valence-electron chi connectivity index (χ4n) is 4.36. The van der Waals surface area contributed by atoms with E-state index in [1.807, 2.05) is 32.0 Å². The van der Waals surface area contributed by atoms with Gasteiger partial charge in [-0.3, -0.25) is 9.69 Å². The molecular weight excluding hydrogens is 376 g/mol. The predicted molar refractivity (Wildman–Crippen MR) is 119 cm³/mol. The van der Waals surface area contributed by atoms with E-state index < -0.39 is 0 Å². The Morgan fingerprint density at radius 1 is 1.17 bits per heavy atom. The fourth-order valence-corrected chi connectivity index (χ4v) is 4.36. The number of aryl methyl sites for hydroxylation is 3. The number of carbonyl (C=O) groups excluding carboxylic acids is 1. The van der Waals surface area contributed by atoms with Gasteiger partial charge < -0.3 is 14.2 Å². The molecule has 1 aliphatic heterocycles. The predicted octanol–water partition coefficient (Wildman–Crippen LogP) is 5.41. The van der Waals surface area contributed by atoms with Crippen LogP contribution in [-0.4, -0.2) is 30.4 Å². The summed E-state index contributed by atoms with van der Waals surface area (Å²) >= 11 is 0. The van der Waals surface area contributed by atoms with Crippen LogP contribution in [0.1, 0.15) is 65.9 Å². The molecular formula is C25H32N2O3. The number of likely N-dealkylation sites (tertiary alicyclic amines) is 1. The van der Waals surface area contributed by atoms with Gasteiger partial charge in [-0.1, -0.05) is 19.9 Å². The zero-order valence-corrected chi connectivity index (χ0v) is 18.5. The van der Waals surface area contributed by atoms with Crippen molar-refractivity contribution in [1.29, 1.82) is 0 Å². The van der Waals surface area contributed by atoms with Gasteiger partial charge in [-0.2, -0.15) is 0 Å². The van der Waals surface area contributed by atoms with Gasteiger partial charge in [0.2, 0.25) is 0 Å². The van der Waals surface area contributed by atoms with Gasteiger partial charge in [0.05, 0.1) is 6.04 Å². The minimum absolute atomic E-state index is 0.0338. The summed E-state index contributed by atoms with van der Waals surface area (Å²) in [6.07, 6.45) is 3.31. The Morgan fingerprint density at radius 2 is 1.93 bits per heavy atom. The Labute approximate surface area is 178 Å². The third-order valence-electron chi connectivity index (χ3n) is 6.42. The van der Waals surface area contributed by atoms with E-state index in [-0.39, 0.29) is 11.9 Å². The lowest BCUT2D eigenvalue weighted by molar-refractivity contribution is 0.0871. The van der Waals surface area contributed by atoms with Crippen LogP contribution in [0.4, 0.5) is 0 Å². The lowest BCUT2D eigenvalue weighted by atomic mass is 9.97. The highest BCUT2D eigenvalue weighted by molar-refractivity contribution is 5.99. The van der Waals surface area contributed by atoms with Crippen LogP contribution in [0.3, 0.4) is 0 Å². The summed E-state index contributed by atoms with van der Waals surface area (Å²) in [5, 5.41) is 4.13. The first kappa shape index (κ1) is 20.7. The first-order valence-electron chi connectivity index (χ1n) is 11.1. The standard InChI is InChI=1S/C25H32N2O3/c1-5-19-7-9-22-20(14-19)18(4)24(30-22)25(28)26-15-21(23-8-6-17(3)29-23)27-12-10-16(2)11-13-27/h6-9,14,16,21H,5,10-13,15H2,1-4H3,(H,26,28)/t21-/m0/s1. The van der Waals surface area contributed by atoms with E-state index in [1.165, 1.54) is 18.4 Å². The van der Waals surface area contributed by atoms with Crippen molar-refractivity contribution in [2.24, 2.45) is 5.92 Å². The van der Waals surface area contributed by atoms with Gasteiger partial charge in [0.25, 0.3) is 5.91 Å². The molecule has 3 aromatic rings. The van der Waals surface area contributed by atoms with Gasteiger partial charge in [-0.15, -0.1) is 0 Å². The number of furan rings is 2. The molecule has 0 radical (unpaired) electrons. The van der Waals surface area contributed by atoms with Crippen LogP contribution in [0.5, 0.6) is 0 Å². The van der Waals surface area contributed by atoms with Gasteiger partial charge in [0, 0.05) is 17.5 Å². The Hall–Kier alpha value is -2.53. The lowest BCUT2D eigenvalue weighted by Gasteiger charge is -2.35. The number of rotatable bonds is 6. The van der Waals surface area contributed by atoms with Gasteiger partial charge in [0.15, 0.2) is 5.76 Å². The van der Waals surface area contributed by atoms with E-state index in [1.54, 1.807) is 0 Å². The Balaban J connectivity index is 1.52. The molecule has 0 aliphatic carbocycles. The smallest absolute Gasteiger partial charge is 0.287 e. The average molecular weight is 409 g/mol. The minimum Gasteiger partial charge on any atom is -0.465 e. The van der Waals surface area contributed by atoms with Crippen LogP contribution in [0.15, 0.2) is 39.2 Å². The molecule has 1 atom stereocenters. The van der Waals surface area contributed by atoms with E-state index in [2.05, 4.69) is 36.2 Å². The van der Waals surface area contributed by atoms with Crippen molar-refractivity contribution < 1.29 is 13.6 Å². The van der Waals surface area contributed by atoms with Crippen LogP contribution in [0, 0.1) is 19.8 Å². The molecule has 0 bridgehead atoms. The number of hydrogen-bond donors (Lipinski definition) is 1. The van der Waals surface area contributed by atoms with E-state index >= 15 is 0 Å². The molecule has 160 valence electrons. The van der Waals surface area contributed by atoms with Gasteiger partial charge in [-0.05, 0) is 81.9 Å². The number of nitrogens with one attached hydrogen (secondary N) is 1. The molecule has 1 saturated heterocycles. The lowest BCUT2D eigenvalue weighted by Crippen LogP contribution is -2.41. The molecule has 4 rings (SSSR count). The monoisotopic (exact) mass is 408 g/mol. The SMILES string of the molecule is CCc1ccc2oc(C(=O)NC[C@@H](c3ccc(C)o3)N3CCC(C)CC3)c(C)c2c1. The molecule has 0 saturated carbocycles. The summed E-state index contributed by atoms with van der Waals surface area (Å²) in [4.78, 5) is 15.4. The van der Waals surface area contributed by atoms with Crippen LogP contribution in [-0.2, 0) is 6.42 Å². The first-order valence-corrected chi connectivity index (χ1v) is 11.1. The summed E-state index contributed by atoms with van der Waals surface area (Å²) in [6, 6.07) is 10.2. The quantitative estimate of drug-likeness (QED) is 0.593. The maximum atomic E-state index is 13.0. The van der Waals surface area contributed by atoms with E-state index in [9.17, 15) is 4.79 Å². The summed E-state index contributed by atoms with van der Waals surface area (Å²) < 4.78 is 11.9. The van der Waals surface area contributed by atoms with Crippen LogP contribution < -0.4 is 5.32 Å². The molecule has 1 amide bonds. The van der Waals surface area contributed by atoms with E-state index in [0.717, 1.165) is 53.5 Å². The molecule has 1 aromatic carbocycles. The molecule has 0 unspecified atom stereocenters. The second-order valence-electron chi connectivity index (χ2n) is 8.63. The van der Waals surface area contributed by atoms with Crippen molar-refractivity contribution >= 4 is 16.9 Å². The Morgan fingerprint density at radius 3 is 2.60 bits per heavy atom. The second kappa shape index (κ2) is 8.68. The summed E-state index contributed by atoms with van der Waals surface area (Å²) in [5.41, 5.74) is 2.90. The fraction of sp³-hybridized carbons (Fsp3) is 0.480. The summed E-state index contributed by atoms with van der Waals surface area (Å²) in [5.74, 6) is 2.80. The highest BCUT2D eigenvalue weighted by Gasteiger charge is 2.28. The molecule has 1 fully saturated rings. The number of piperidine rings is 1. The molecule has 3 heterocycles. The minimum atomic E-state index is -0.166. The molecule has 0 spiro atoms. The number of amides is 1. The van der Waals surface area contributed by atoms with Crippen LogP contribution >= 0.6 is 0 Å². The first-order chi connectivity index (χ1) is 14.5. The van der Waals surface area contributed by atoms with Gasteiger partial charge >= 0.3 is 0 Å². The zero-order valence-electron chi connectivity index (χ0n) is 18.5. The average Bonchev–Trinajstić information content (AvgIpc) is 3.32.